The van der Waals surface area contributed by atoms with Gasteiger partial charge in [0.05, 0.1) is 46.8 Å². The van der Waals surface area contributed by atoms with E-state index < -0.39 is 5.82 Å². The number of nitrogens with zero attached hydrogens (tertiary/aromatic N) is 2. The van der Waals surface area contributed by atoms with Crippen LogP contribution in [0.3, 0.4) is 0 Å². The van der Waals surface area contributed by atoms with Crippen LogP contribution in [0, 0.1) is 12.7 Å². The second-order valence-electron chi connectivity index (χ2n) is 6.08. The third-order valence-electron chi connectivity index (χ3n) is 4.35. The fourth-order valence-corrected chi connectivity index (χ4v) is 3.57. The summed E-state index contributed by atoms with van der Waals surface area (Å²) in [4.78, 5) is 17.2. The Morgan fingerprint density at radius 1 is 1.29 bits per heavy atom. The van der Waals surface area contributed by atoms with Crippen molar-refractivity contribution in [3.05, 3.63) is 57.3 Å². The normalized spacial score (nSPS) is 11.0. The minimum atomic E-state index is -0.486. The number of halogens is 2. The van der Waals surface area contributed by atoms with Gasteiger partial charge in [0.2, 0.25) is 0 Å². The first kappa shape index (κ1) is 20.4. The molecule has 0 radical (unpaired) electrons. The molecular weight excluding hydrogens is 403 g/mol. The lowest BCUT2D eigenvalue weighted by atomic mass is 10.1. The molecule has 1 aromatic heterocycles. The van der Waals surface area contributed by atoms with E-state index in [2.05, 4.69) is 15.0 Å². The minimum absolute atomic E-state index is 0.145. The van der Waals surface area contributed by atoms with E-state index >= 15 is 0 Å². The molecule has 0 unspecified atom stereocenters. The van der Waals surface area contributed by atoms with Crippen molar-refractivity contribution in [2.24, 2.45) is 0 Å². The van der Waals surface area contributed by atoms with Gasteiger partial charge in [0, 0.05) is 19.1 Å². The highest BCUT2D eigenvalue weighted by molar-refractivity contribution is 7.99. The zero-order chi connectivity index (χ0) is 20.3. The molecule has 3 aromatic rings. The maximum absolute atomic E-state index is 14.4. The van der Waals surface area contributed by atoms with Crippen molar-refractivity contribution in [3.8, 4) is 0 Å². The van der Waals surface area contributed by atoms with E-state index in [-0.39, 0.29) is 16.3 Å². The average molecular weight is 423 g/mol. The molecule has 1 heterocycles. The number of nitrogens with one attached hydrogen (secondary N) is 2. The molecule has 0 aliphatic rings. The van der Waals surface area contributed by atoms with Crippen LogP contribution in [0.1, 0.15) is 5.56 Å². The van der Waals surface area contributed by atoms with Gasteiger partial charge in [-0.2, -0.15) is 0 Å². The largest absolute Gasteiger partial charge is 0.383 e. The quantitative estimate of drug-likeness (QED) is 0.543. The molecule has 148 valence electrons. The molecule has 0 atom stereocenters. The van der Waals surface area contributed by atoms with E-state index in [1.165, 1.54) is 28.9 Å². The number of hydrogen-bond acceptors (Lipinski definition) is 6. The lowest BCUT2D eigenvalue weighted by molar-refractivity contribution is 0.186. The number of fused-ring (bicyclic) bond motifs is 1. The van der Waals surface area contributed by atoms with Crippen LogP contribution in [0.5, 0.6) is 0 Å². The Hall–Kier alpha value is -2.29. The second-order valence-corrected chi connectivity index (χ2v) is 7.07. The van der Waals surface area contributed by atoms with Crippen LogP contribution in [0.4, 0.5) is 21.5 Å². The molecule has 0 spiro atoms. The van der Waals surface area contributed by atoms with Gasteiger partial charge in [-0.3, -0.25) is 9.36 Å². The van der Waals surface area contributed by atoms with Crippen LogP contribution in [0.25, 0.3) is 10.9 Å². The summed E-state index contributed by atoms with van der Waals surface area (Å²) >= 11 is 7.71. The average Bonchev–Trinajstić information content (AvgIpc) is 2.68. The smallest absolute Gasteiger partial charge is 0.261 e. The minimum Gasteiger partial charge on any atom is -0.383 e. The van der Waals surface area contributed by atoms with Gasteiger partial charge >= 0.3 is 0 Å². The predicted octanol–water partition coefficient (Wildman–Crippen LogP) is 4.58. The molecule has 0 saturated heterocycles. The zero-order valence-corrected chi connectivity index (χ0v) is 17.2. The highest BCUT2D eigenvalue weighted by Crippen LogP contribution is 2.36. The molecule has 9 heteroatoms. The van der Waals surface area contributed by atoms with Crippen LogP contribution >= 0.6 is 23.5 Å². The number of ether oxygens (including phenoxy) is 1. The highest BCUT2D eigenvalue weighted by Gasteiger charge is 2.15. The fourth-order valence-electron chi connectivity index (χ4n) is 2.88. The van der Waals surface area contributed by atoms with Gasteiger partial charge in [-0.15, -0.1) is 0 Å². The van der Waals surface area contributed by atoms with Crippen LogP contribution in [0.2, 0.25) is 5.02 Å². The molecule has 3 rings (SSSR count). The number of hydrogen-bond donors (Lipinski definition) is 2. The first-order chi connectivity index (χ1) is 13.5. The fraction of sp³-hybridized carbons (Fsp3) is 0.263. The maximum atomic E-state index is 14.4. The van der Waals surface area contributed by atoms with Crippen LogP contribution in [0.15, 0.2) is 35.4 Å². The van der Waals surface area contributed by atoms with Crippen molar-refractivity contribution < 1.29 is 9.13 Å². The molecule has 0 aliphatic carbocycles. The third-order valence-corrected chi connectivity index (χ3v) is 5.17. The van der Waals surface area contributed by atoms with Gasteiger partial charge in [0.25, 0.3) is 5.56 Å². The van der Waals surface area contributed by atoms with E-state index in [0.29, 0.717) is 41.0 Å². The summed E-state index contributed by atoms with van der Waals surface area (Å²) in [6.45, 7) is 2.60. The van der Waals surface area contributed by atoms with Crippen molar-refractivity contribution >= 4 is 51.5 Å². The molecule has 0 saturated carbocycles. The zero-order valence-electron chi connectivity index (χ0n) is 15.7. The standard InChI is InChI=1S/C19H20ClFN4O2S/c1-11-13(23-18-12(21)4-5-15(17(18)20)24-28-3)6-7-14-16(11)19(26)25(10-22-14)8-9-27-2/h4-7,10,23-24H,8-9H2,1-3H3. The van der Waals surface area contributed by atoms with E-state index in [9.17, 15) is 9.18 Å². The summed E-state index contributed by atoms with van der Waals surface area (Å²) < 4.78 is 24.0. The van der Waals surface area contributed by atoms with Gasteiger partial charge in [-0.25, -0.2) is 9.37 Å². The van der Waals surface area contributed by atoms with E-state index in [1.54, 1.807) is 32.2 Å². The SMILES string of the molecule is COCCn1cnc2ccc(Nc3c(F)ccc(NSC)c3Cl)c(C)c2c1=O. The van der Waals surface area contributed by atoms with Gasteiger partial charge in [-0.1, -0.05) is 23.5 Å². The lowest BCUT2D eigenvalue weighted by Crippen LogP contribution is -2.23. The molecule has 0 fully saturated rings. The molecular formula is C19H20ClFN4O2S. The molecule has 28 heavy (non-hydrogen) atoms. The van der Waals surface area contributed by atoms with E-state index in [1.807, 2.05) is 6.26 Å². The molecule has 2 N–H and O–H groups in total. The Balaban J connectivity index is 2.08. The van der Waals surface area contributed by atoms with Crippen molar-refractivity contribution in [2.75, 3.05) is 30.0 Å². The summed E-state index contributed by atoms with van der Waals surface area (Å²) in [6, 6.07) is 6.39. The maximum Gasteiger partial charge on any atom is 0.261 e. The Morgan fingerprint density at radius 3 is 2.75 bits per heavy atom. The molecule has 0 aliphatic heterocycles. The van der Waals surface area contributed by atoms with Gasteiger partial charge in [0.1, 0.15) is 5.82 Å². The van der Waals surface area contributed by atoms with Crippen molar-refractivity contribution in [2.45, 2.75) is 13.5 Å². The van der Waals surface area contributed by atoms with Crippen molar-refractivity contribution in [1.29, 1.82) is 0 Å². The summed E-state index contributed by atoms with van der Waals surface area (Å²) in [5.74, 6) is -0.486. The molecule has 2 aromatic carbocycles. The van der Waals surface area contributed by atoms with E-state index in [0.717, 1.165) is 0 Å². The number of methoxy groups -OCH3 is 1. The Kier molecular flexibility index (Phi) is 6.43. The molecule has 0 bridgehead atoms. The summed E-state index contributed by atoms with van der Waals surface area (Å²) in [5.41, 5.74) is 2.39. The number of aromatic nitrogens is 2. The summed E-state index contributed by atoms with van der Waals surface area (Å²) in [5, 5.41) is 3.74. The summed E-state index contributed by atoms with van der Waals surface area (Å²) in [7, 11) is 1.57. The Labute approximate surface area is 171 Å². The number of rotatable bonds is 7. The Bertz CT molecular complexity index is 1070. The van der Waals surface area contributed by atoms with Crippen LogP contribution in [-0.2, 0) is 11.3 Å². The highest BCUT2D eigenvalue weighted by atomic mass is 35.5. The third kappa shape index (κ3) is 3.94. The van der Waals surface area contributed by atoms with Crippen LogP contribution < -0.4 is 15.6 Å². The Morgan fingerprint density at radius 2 is 2.04 bits per heavy atom. The van der Waals surface area contributed by atoms with E-state index in [4.69, 9.17) is 16.3 Å². The topological polar surface area (TPSA) is 68.2 Å². The first-order valence-corrected chi connectivity index (χ1v) is 10.1. The molecule has 0 amide bonds. The van der Waals surface area contributed by atoms with Gasteiger partial charge < -0.3 is 14.8 Å². The number of benzene rings is 2. The number of aryl methyl sites for hydroxylation is 1. The monoisotopic (exact) mass is 422 g/mol. The predicted molar refractivity (Wildman–Crippen MR) is 114 cm³/mol. The lowest BCUT2D eigenvalue weighted by Gasteiger charge is -2.16. The van der Waals surface area contributed by atoms with Gasteiger partial charge in [-0.05, 0) is 36.8 Å². The number of anilines is 3. The molecule has 6 nitrogen and oxygen atoms in total. The van der Waals surface area contributed by atoms with Crippen molar-refractivity contribution in [3.63, 3.8) is 0 Å². The first-order valence-electron chi connectivity index (χ1n) is 8.49. The van der Waals surface area contributed by atoms with Gasteiger partial charge in [0.15, 0.2) is 0 Å². The van der Waals surface area contributed by atoms with Crippen molar-refractivity contribution in [1.82, 2.24) is 9.55 Å². The van der Waals surface area contributed by atoms with Crippen LogP contribution in [-0.4, -0.2) is 29.5 Å². The second kappa shape index (κ2) is 8.81. The summed E-state index contributed by atoms with van der Waals surface area (Å²) in [6.07, 6.45) is 3.35.